The van der Waals surface area contributed by atoms with Crippen molar-refractivity contribution in [2.75, 3.05) is 0 Å². The van der Waals surface area contributed by atoms with Crippen LogP contribution in [0.5, 0.6) is 0 Å². The minimum Gasteiger partial charge on any atom is -0.411 e. The molecule has 4 rings (SSSR count). The van der Waals surface area contributed by atoms with E-state index in [0.717, 1.165) is 15.0 Å². The van der Waals surface area contributed by atoms with Gasteiger partial charge in [0.15, 0.2) is 4.34 Å². The van der Waals surface area contributed by atoms with Crippen molar-refractivity contribution in [3.8, 4) is 11.5 Å². The van der Waals surface area contributed by atoms with E-state index in [1.54, 1.807) is 10.6 Å². The highest BCUT2D eigenvalue weighted by molar-refractivity contribution is 8.00. The van der Waals surface area contributed by atoms with Crippen LogP contribution in [0.2, 0.25) is 5.02 Å². The first-order valence-electron chi connectivity index (χ1n) is 6.28. The molecule has 9 heteroatoms. The predicted octanol–water partition coefficient (Wildman–Crippen LogP) is 3.95. The maximum atomic E-state index is 6.13. The van der Waals surface area contributed by atoms with E-state index in [1.165, 1.54) is 23.1 Å². The number of nitrogens with zero attached hydrogens (tertiary/aromatic N) is 5. The second kappa shape index (κ2) is 5.38. The molecule has 110 valence electrons. The number of benzene rings is 1. The van der Waals surface area contributed by atoms with Crippen molar-refractivity contribution in [3.63, 3.8) is 0 Å². The number of halogens is 1. The van der Waals surface area contributed by atoms with Crippen LogP contribution in [0.1, 0.15) is 5.69 Å². The van der Waals surface area contributed by atoms with Crippen molar-refractivity contribution in [1.29, 1.82) is 0 Å². The molecule has 3 heterocycles. The summed E-state index contributed by atoms with van der Waals surface area (Å²) in [7, 11) is 0. The van der Waals surface area contributed by atoms with E-state index >= 15 is 0 Å². The second-order valence-electron chi connectivity index (χ2n) is 4.43. The maximum Gasteiger partial charge on any atom is 0.284 e. The maximum absolute atomic E-state index is 6.13. The van der Waals surface area contributed by atoms with Crippen LogP contribution in [0.3, 0.4) is 0 Å². The van der Waals surface area contributed by atoms with Crippen molar-refractivity contribution < 1.29 is 4.42 Å². The number of aromatic nitrogens is 5. The standard InChI is InChI=1S/C13H8ClN5OS2/c1-7-6-19-11(15-7)21-13(18-19)22-12-17-16-10(20-12)8-4-2-3-5-9(8)14/h2-6H,1H3. The van der Waals surface area contributed by atoms with E-state index in [1.807, 2.05) is 31.3 Å². The fourth-order valence-corrected chi connectivity index (χ4v) is 3.86. The Balaban J connectivity index is 1.61. The largest absolute Gasteiger partial charge is 0.411 e. The Labute approximate surface area is 138 Å². The van der Waals surface area contributed by atoms with E-state index in [0.29, 0.717) is 21.7 Å². The van der Waals surface area contributed by atoms with Crippen LogP contribution in [0.15, 0.2) is 44.4 Å². The molecule has 0 aliphatic heterocycles. The lowest BCUT2D eigenvalue weighted by molar-refractivity contribution is 0.466. The van der Waals surface area contributed by atoms with Crippen LogP contribution in [-0.4, -0.2) is 24.8 Å². The number of aryl methyl sites for hydroxylation is 1. The van der Waals surface area contributed by atoms with Gasteiger partial charge in [-0.05, 0) is 19.1 Å². The van der Waals surface area contributed by atoms with Crippen LogP contribution >= 0.6 is 34.7 Å². The molecule has 0 aliphatic rings. The summed E-state index contributed by atoms with van der Waals surface area (Å²) in [5, 5.41) is 13.5. The lowest BCUT2D eigenvalue weighted by Crippen LogP contribution is -1.80. The molecule has 0 saturated heterocycles. The van der Waals surface area contributed by atoms with Crippen LogP contribution in [0.4, 0.5) is 0 Å². The van der Waals surface area contributed by atoms with Crippen molar-refractivity contribution in [2.24, 2.45) is 0 Å². The first-order chi connectivity index (χ1) is 10.7. The molecule has 0 atom stereocenters. The van der Waals surface area contributed by atoms with Gasteiger partial charge in [-0.25, -0.2) is 9.50 Å². The Bertz CT molecular complexity index is 929. The van der Waals surface area contributed by atoms with Crippen LogP contribution in [-0.2, 0) is 0 Å². The van der Waals surface area contributed by atoms with E-state index in [2.05, 4.69) is 20.3 Å². The molecule has 4 aromatic rings. The van der Waals surface area contributed by atoms with Gasteiger partial charge in [-0.3, -0.25) is 0 Å². The number of rotatable bonds is 3. The summed E-state index contributed by atoms with van der Waals surface area (Å²) in [5.74, 6) is 0.394. The highest BCUT2D eigenvalue weighted by Gasteiger charge is 2.15. The van der Waals surface area contributed by atoms with Crippen molar-refractivity contribution >= 4 is 39.7 Å². The fraction of sp³-hybridized carbons (Fsp3) is 0.0769. The highest BCUT2D eigenvalue weighted by Crippen LogP contribution is 2.33. The summed E-state index contributed by atoms with van der Waals surface area (Å²) in [4.78, 5) is 5.20. The summed E-state index contributed by atoms with van der Waals surface area (Å²) in [6, 6.07) is 7.35. The van der Waals surface area contributed by atoms with Crippen LogP contribution < -0.4 is 0 Å². The Morgan fingerprint density at radius 1 is 1.27 bits per heavy atom. The minimum atomic E-state index is 0.394. The number of hydrogen-bond donors (Lipinski definition) is 0. The van der Waals surface area contributed by atoms with Crippen LogP contribution in [0.25, 0.3) is 16.4 Å². The molecule has 0 saturated carbocycles. The lowest BCUT2D eigenvalue weighted by Gasteiger charge is -1.96. The molecular formula is C13H8ClN5OS2. The second-order valence-corrected chi connectivity index (χ2v) is 6.99. The fourth-order valence-electron chi connectivity index (χ4n) is 1.90. The summed E-state index contributed by atoms with van der Waals surface area (Å²) >= 11 is 8.90. The normalized spacial score (nSPS) is 11.4. The lowest BCUT2D eigenvalue weighted by atomic mass is 10.2. The molecule has 6 nitrogen and oxygen atoms in total. The summed E-state index contributed by atoms with van der Waals surface area (Å²) in [5.41, 5.74) is 1.65. The monoisotopic (exact) mass is 349 g/mol. The highest BCUT2D eigenvalue weighted by atomic mass is 35.5. The van der Waals surface area contributed by atoms with Crippen molar-refractivity contribution in [2.45, 2.75) is 16.5 Å². The molecule has 1 aromatic carbocycles. The molecule has 0 amide bonds. The molecular weight excluding hydrogens is 342 g/mol. The molecule has 0 N–H and O–H groups in total. The Hall–Kier alpha value is -1.90. The number of fused-ring (bicyclic) bond motifs is 1. The average Bonchev–Trinajstić information content (AvgIpc) is 3.15. The average molecular weight is 350 g/mol. The molecule has 0 aliphatic carbocycles. The van der Waals surface area contributed by atoms with Gasteiger partial charge >= 0.3 is 0 Å². The topological polar surface area (TPSA) is 69.1 Å². The third kappa shape index (κ3) is 2.49. The molecule has 0 spiro atoms. The molecule has 0 bridgehead atoms. The van der Waals surface area contributed by atoms with Gasteiger partial charge in [0.2, 0.25) is 10.9 Å². The third-order valence-corrected chi connectivity index (χ3v) is 4.97. The summed E-state index contributed by atoms with van der Waals surface area (Å²) in [6.07, 6.45) is 1.87. The van der Waals surface area contributed by atoms with E-state index in [9.17, 15) is 0 Å². The van der Waals surface area contributed by atoms with Gasteiger partial charge in [0.25, 0.3) is 5.22 Å². The molecule has 3 aromatic heterocycles. The van der Waals surface area contributed by atoms with Gasteiger partial charge in [-0.15, -0.1) is 15.3 Å². The van der Waals surface area contributed by atoms with Crippen molar-refractivity contribution in [1.82, 2.24) is 24.8 Å². The Morgan fingerprint density at radius 3 is 2.95 bits per heavy atom. The van der Waals surface area contributed by atoms with Gasteiger partial charge in [0, 0.05) is 11.8 Å². The van der Waals surface area contributed by atoms with Gasteiger partial charge in [-0.2, -0.15) is 0 Å². The Kier molecular flexibility index (Phi) is 3.36. The van der Waals surface area contributed by atoms with Crippen molar-refractivity contribution in [3.05, 3.63) is 41.2 Å². The van der Waals surface area contributed by atoms with E-state index < -0.39 is 0 Å². The van der Waals surface area contributed by atoms with Gasteiger partial charge < -0.3 is 4.42 Å². The molecule has 0 fully saturated rings. The SMILES string of the molecule is Cc1cn2nc(Sc3nnc(-c4ccccc4Cl)o3)sc2n1. The van der Waals surface area contributed by atoms with Gasteiger partial charge in [-0.1, -0.05) is 35.1 Å². The summed E-state index contributed by atoms with van der Waals surface area (Å²) in [6.45, 7) is 1.93. The van der Waals surface area contributed by atoms with Gasteiger partial charge in [0.1, 0.15) is 0 Å². The number of hydrogen-bond acceptors (Lipinski definition) is 7. The molecule has 0 unspecified atom stereocenters. The van der Waals surface area contributed by atoms with Gasteiger partial charge in [0.05, 0.1) is 22.5 Å². The Morgan fingerprint density at radius 2 is 2.14 bits per heavy atom. The zero-order chi connectivity index (χ0) is 15.1. The quantitative estimate of drug-likeness (QED) is 0.557. The first-order valence-corrected chi connectivity index (χ1v) is 8.29. The molecule has 0 radical (unpaired) electrons. The zero-order valence-electron chi connectivity index (χ0n) is 11.2. The first kappa shape index (κ1) is 13.7. The third-order valence-electron chi connectivity index (χ3n) is 2.83. The zero-order valence-corrected chi connectivity index (χ0v) is 13.6. The summed E-state index contributed by atoms with van der Waals surface area (Å²) < 4.78 is 8.18. The predicted molar refractivity (Wildman–Crippen MR) is 84.5 cm³/mol. The number of imidazole rings is 1. The van der Waals surface area contributed by atoms with E-state index in [4.69, 9.17) is 16.0 Å². The molecule has 22 heavy (non-hydrogen) atoms. The minimum absolute atomic E-state index is 0.394. The van der Waals surface area contributed by atoms with E-state index in [-0.39, 0.29) is 0 Å². The smallest absolute Gasteiger partial charge is 0.284 e. The van der Waals surface area contributed by atoms with Crippen LogP contribution in [0, 0.1) is 6.92 Å².